The standard InChI is InChI=1S/C46H73N11O15/c1-6-24(4)36(45(70)57-18-10-13-33(57)44(69)52-29(19-23(2)3)41(66)56-37(25(5)60)46(71)72)55-43(68)32(22-59)54-40(65)30(20-26-11-8-7-9-12-26)51-42(67)31(21-58)53-39(64)28(15-17-35(49)62)50-38(63)27(47)14-16-34(48)61/h7-9,11-12,23-25,27-33,36-37,58-60H,6,10,13-22,47H2,1-5H3,(H2,48,61)(H2,49,62)(H,50,63)(H,51,67)(H,52,69)(H,53,64)(H,54,65)(H,55,68)(H,56,66)(H,71,72)/t24-,25+,27-,28-,29-,30-,31-,32-,33-,36-,37-/m0/s1. The van der Waals surface area contributed by atoms with E-state index in [-0.39, 0.29) is 51.0 Å². The van der Waals surface area contributed by atoms with Crippen molar-refractivity contribution < 1.29 is 73.2 Å². The lowest BCUT2D eigenvalue weighted by molar-refractivity contribution is -0.146. The summed E-state index contributed by atoms with van der Waals surface area (Å²) in [6, 6.07) is -4.97. The Bertz CT molecular complexity index is 2060. The summed E-state index contributed by atoms with van der Waals surface area (Å²) < 4.78 is 0. The molecule has 26 heteroatoms. The highest BCUT2D eigenvalue weighted by molar-refractivity contribution is 5.98. The van der Waals surface area contributed by atoms with E-state index in [1.807, 2.05) is 0 Å². The van der Waals surface area contributed by atoms with Crippen molar-refractivity contribution in [2.75, 3.05) is 19.8 Å². The molecule has 26 nitrogen and oxygen atoms in total. The van der Waals surface area contributed by atoms with Gasteiger partial charge in [0.2, 0.25) is 59.1 Å². The Hall–Kier alpha value is -6.77. The van der Waals surface area contributed by atoms with Gasteiger partial charge in [-0.2, -0.15) is 0 Å². The average Bonchev–Trinajstić information content (AvgIpc) is 3.83. The van der Waals surface area contributed by atoms with Gasteiger partial charge in [-0.25, -0.2) is 4.79 Å². The highest BCUT2D eigenvalue weighted by Crippen LogP contribution is 2.22. The summed E-state index contributed by atoms with van der Waals surface area (Å²) in [6.07, 6.45) is -1.93. The Kier molecular flexibility index (Phi) is 25.7. The number of carbonyl (C=O) groups is 11. The van der Waals surface area contributed by atoms with Crippen LogP contribution in [0.4, 0.5) is 0 Å². The van der Waals surface area contributed by atoms with Gasteiger partial charge in [-0.3, -0.25) is 47.9 Å². The van der Waals surface area contributed by atoms with Gasteiger partial charge in [-0.05, 0) is 56.4 Å². The normalized spacial score (nSPS) is 17.5. The zero-order chi connectivity index (χ0) is 54.4. The summed E-state index contributed by atoms with van der Waals surface area (Å²) >= 11 is 0. The number of benzene rings is 1. The summed E-state index contributed by atoms with van der Waals surface area (Å²) in [4.78, 5) is 145. The Labute approximate surface area is 417 Å². The minimum atomic E-state index is -1.77. The van der Waals surface area contributed by atoms with Gasteiger partial charge in [0.05, 0.1) is 25.4 Å². The van der Waals surface area contributed by atoms with Crippen LogP contribution in [0.3, 0.4) is 0 Å². The van der Waals surface area contributed by atoms with E-state index in [2.05, 4.69) is 37.2 Å². The first-order chi connectivity index (χ1) is 33.8. The molecule has 1 aromatic carbocycles. The number of nitrogens with two attached hydrogens (primary N) is 3. The number of carbonyl (C=O) groups excluding carboxylic acids is 10. The minimum absolute atomic E-state index is 0.0788. The predicted octanol–water partition coefficient (Wildman–Crippen LogP) is -4.99. The third kappa shape index (κ3) is 19.8. The van der Waals surface area contributed by atoms with Crippen molar-refractivity contribution in [2.45, 2.75) is 153 Å². The van der Waals surface area contributed by atoms with Gasteiger partial charge in [-0.15, -0.1) is 0 Å². The number of rotatable bonds is 31. The van der Waals surface area contributed by atoms with Gasteiger partial charge in [0.25, 0.3) is 0 Å². The summed E-state index contributed by atoms with van der Waals surface area (Å²) in [7, 11) is 0. The van der Waals surface area contributed by atoms with Gasteiger partial charge in [0.1, 0.15) is 42.3 Å². The molecule has 402 valence electrons. The molecular formula is C46H73N11O15. The van der Waals surface area contributed by atoms with E-state index in [1.54, 1.807) is 58.0 Å². The van der Waals surface area contributed by atoms with Crippen molar-refractivity contribution in [3.8, 4) is 0 Å². The van der Waals surface area contributed by atoms with E-state index in [1.165, 1.54) is 11.8 Å². The smallest absolute Gasteiger partial charge is 0.328 e. The fourth-order valence-corrected chi connectivity index (χ4v) is 7.56. The van der Waals surface area contributed by atoms with Crippen LogP contribution in [0.2, 0.25) is 0 Å². The van der Waals surface area contributed by atoms with Gasteiger partial charge in [-0.1, -0.05) is 64.4 Å². The van der Waals surface area contributed by atoms with Gasteiger partial charge in [0.15, 0.2) is 6.04 Å². The van der Waals surface area contributed by atoms with Crippen LogP contribution in [0, 0.1) is 11.8 Å². The average molecular weight is 1020 g/mol. The lowest BCUT2D eigenvalue weighted by Crippen LogP contribution is -2.62. The van der Waals surface area contributed by atoms with E-state index in [4.69, 9.17) is 17.2 Å². The quantitative estimate of drug-likeness (QED) is 0.0331. The number of nitrogens with zero attached hydrogens (tertiary/aromatic N) is 1. The molecule has 1 saturated heterocycles. The molecule has 11 atom stereocenters. The van der Waals surface area contributed by atoms with Crippen molar-refractivity contribution in [3.63, 3.8) is 0 Å². The third-order valence-corrected chi connectivity index (χ3v) is 11.9. The number of aliphatic carboxylic acids is 1. The SMILES string of the molecule is CC[C@H](C)[C@H](NC(=O)[C@H](CO)NC(=O)[C@H](Cc1ccccc1)NC(=O)[C@H](CO)NC(=O)[C@H](CCC(N)=O)NC(=O)[C@@H](N)CCC(N)=O)C(=O)N1CCC[C@H]1C(=O)N[C@@H](CC(C)C)C(=O)N[C@H](C(=O)O)[C@@H](C)O. The summed E-state index contributed by atoms with van der Waals surface area (Å²) in [5, 5.41) is 56.9. The van der Waals surface area contributed by atoms with Crippen LogP contribution in [0.1, 0.15) is 91.5 Å². The molecule has 10 amide bonds. The Morgan fingerprint density at radius 3 is 1.65 bits per heavy atom. The fraction of sp³-hybridized carbons (Fsp3) is 0.630. The number of aliphatic hydroxyl groups excluding tert-OH is 3. The molecule has 0 bridgehead atoms. The summed E-state index contributed by atoms with van der Waals surface area (Å²) in [5.41, 5.74) is 16.7. The maximum atomic E-state index is 14.3. The first kappa shape index (κ1) is 61.3. The first-order valence-corrected chi connectivity index (χ1v) is 23.8. The van der Waals surface area contributed by atoms with Crippen molar-refractivity contribution in [1.82, 2.24) is 42.1 Å². The van der Waals surface area contributed by atoms with Crippen molar-refractivity contribution in [1.29, 1.82) is 0 Å². The minimum Gasteiger partial charge on any atom is -0.480 e. The third-order valence-electron chi connectivity index (χ3n) is 11.9. The van der Waals surface area contributed by atoms with Gasteiger partial charge in [0, 0.05) is 25.8 Å². The lowest BCUT2D eigenvalue weighted by atomic mass is 9.96. The van der Waals surface area contributed by atoms with E-state index in [9.17, 15) is 73.2 Å². The lowest BCUT2D eigenvalue weighted by Gasteiger charge is -2.33. The van der Waals surface area contributed by atoms with Crippen LogP contribution in [-0.4, -0.2) is 171 Å². The molecule has 1 aliphatic heterocycles. The van der Waals surface area contributed by atoms with Crippen LogP contribution in [0.25, 0.3) is 0 Å². The highest BCUT2D eigenvalue weighted by atomic mass is 16.4. The largest absolute Gasteiger partial charge is 0.480 e. The number of aliphatic hydroxyl groups is 3. The molecular weight excluding hydrogens is 947 g/mol. The van der Waals surface area contributed by atoms with E-state index in [0.717, 1.165) is 0 Å². The van der Waals surface area contributed by atoms with Crippen molar-refractivity contribution in [2.24, 2.45) is 29.0 Å². The second-order valence-corrected chi connectivity index (χ2v) is 18.2. The second kappa shape index (κ2) is 30.2. The maximum Gasteiger partial charge on any atom is 0.328 e. The number of carboxylic acids is 1. The molecule has 1 heterocycles. The topological polar surface area (TPSA) is 434 Å². The molecule has 1 aliphatic rings. The molecule has 1 aromatic rings. The van der Waals surface area contributed by atoms with Crippen LogP contribution >= 0.6 is 0 Å². The van der Waals surface area contributed by atoms with Crippen molar-refractivity contribution in [3.05, 3.63) is 35.9 Å². The van der Waals surface area contributed by atoms with Crippen LogP contribution in [0.15, 0.2) is 30.3 Å². The van der Waals surface area contributed by atoms with Crippen molar-refractivity contribution >= 4 is 65.0 Å². The second-order valence-electron chi connectivity index (χ2n) is 18.2. The molecule has 0 aromatic heterocycles. The van der Waals surface area contributed by atoms with E-state index < -0.39 is 151 Å². The number of likely N-dealkylation sites (tertiary alicyclic amines) is 1. The molecule has 1 fully saturated rings. The molecule has 2 rings (SSSR count). The maximum absolute atomic E-state index is 14.3. The molecule has 0 aliphatic carbocycles. The number of hydrogen-bond acceptors (Lipinski definition) is 15. The number of nitrogens with one attached hydrogen (secondary N) is 7. The highest BCUT2D eigenvalue weighted by Gasteiger charge is 2.42. The number of carboxylic acid groups (broad SMARTS) is 1. The predicted molar refractivity (Wildman–Crippen MR) is 256 cm³/mol. The molecule has 0 unspecified atom stereocenters. The first-order valence-electron chi connectivity index (χ1n) is 23.8. The van der Waals surface area contributed by atoms with Gasteiger partial charge < -0.3 is 79.7 Å². The van der Waals surface area contributed by atoms with E-state index >= 15 is 0 Å². The van der Waals surface area contributed by atoms with Crippen LogP contribution < -0.4 is 54.4 Å². The zero-order valence-corrected chi connectivity index (χ0v) is 41.3. The molecule has 0 saturated carbocycles. The molecule has 0 spiro atoms. The molecule has 0 radical (unpaired) electrons. The number of primary amides is 2. The Morgan fingerprint density at radius 1 is 0.653 bits per heavy atom. The molecule has 72 heavy (non-hydrogen) atoms. The zero-order valence-electron chi connectivity index (χ0n) is 41.3. The van der Waals surface area contributed by atoms with Crippen LogP contribution in [-0.2, 0) is 59.2 Å². The number of amides is 10. The van der Waals surface area contributed by atoms with Gasteiger partial charge >= 0.3 is 5.97 Å². The Morgan fingerprint density at radius 2 is 1.14 bits per heavy atom. The summed E-state index contributed by atoms with van der Waals surface area (Å²) in [6.45, 7) is 6.16. The number of hydrogen-bond donors (Lipinski definition) is 14. The summed E-state index contributed by atoms with van der Waals surface area (Å²) in [5.74, 6) is -11.2. The fourth-order valence-electron chi connectivity index (χ4n) is 7.56. The monoisotopic (exact) mass is 1020 g/mol. The van der Waals surface area contributed by atoms with E-state index in [0.29, 0.717) is 18.4 Å². The van der Waals surface area contributed by atoms with Crippen LogP contribution in [0.5, 0.6) is 0 Å². The molecule has 17 N–H and O–H groups in total. The Balaban J connectivity index is 2.33.